The number of aryl methyl sites for hydroxylation is 1. The molecule has 106 valence electrons. The van der Waals surface area contributed by atoms with Crippen molar-refractivity contribution in [2.75, 3.05) is 5.32 Å². The fraction of sp³-hybridized carbons (Fsp3) is 0.167. The number of aromatic nitrogens is 2. The average molecular weight is 304 g/mol. The summed E-state index contributed by atoms with van der Waals surface area (Å²) < 4.78 is 40.2. The summed E-state index contributed by atoms with van der Waals surface area (Å²) in [6, 6.07) is 7.03. The van der Waals surface area contributed by atoms with Crippen molar-refractivity contribution in [1.82, 2.24) is 9.97 Å². The molecule has 0 aliphatic heterocycles. The summed E-state index contributed by atoms with van der Waals surface area (Å²) in [6.45, 7) is 1.72. The molecule has 1 aromatic carbocycles. The molecule has 0 aliphatic rings. The molecule has 1 heterocycles. The Bertz CT molecular complexity index is 599. The molecule has 2 rings (SSSR count). The van der Waals surface area contributed by atoms with Crippen molar-refractivity contribution in [2.24, 2.45) is 0 Å². The third-order valence-corrected chi connectivity index (χ3v) is 2.34. The van der Waals surface area contributed by atoms with Crippen LogP contribution in [0.1, 0.15) is 5.69 Å². The zero-order chi connectivity index (χ0) is 14.8. The smallest absolute Gasteiger partial charge is 0.406 e. The molecule has 0 saturated carbocycles. The number of nitrogens with zero attached hydrogens (tertiary/aromatic N) is 2. The van der Waals surface area contributed by atoms with E-state index < -0.39 is 6.36 Å². The maximum Gasteiger partial charge on any atom is 0.573 e. The number of hydrogen-bond donors (Lipinski definition) is 1. The van der Waals surface area contributed by atoms with Gasteiger partial charge < -0.3 is 10.1 Å². The largest absolute Gasteiger partial charge is 0.573 e. The molecule has 0 bridgehead atoms. The van der Waals surface area contributed by atoms with Crippen LogP contribution in [0.15, 0.2) is 30.3 Å². The van der Waals surface area contributed by atoms with Gasteiger partial charge in [0.2, 0.25) is 5.28 Å². The van der Waals surface area contributed by atoms with Crippen LogP contribution in [-0.4, -0.2) is 16.3 Å². The maximum atomic E-state index is 12.1. The van der Waals surface area contributed by atoms with Gasteiger partial charge in [0.25, 0.3) is 0 Å². The van der Waals surface area contributed by atoms with E-state index in [9.17, 15) is 13.2 Å². The van der Waals surface area contributed by atoms with E-state index in [-0.39, 0.29) is 11.0 Å². The second kappa shape index (κ2) is 5.54. The van der Waals surface area contributed by atoms with Gasteiger partial charge in [0.1, 0.15) is 11.6 Å². The van der Waals surface area contributed by atoms with Gasteiger partial charge in [-0.1, -0.05) is 6.07 Å². The van der Waals surface area contributed by atoms with E-state index >= 15 is 0 Å². The molecule has 0 atom stereocenters. The molecule has 0 saturated heterocycles. The van der Waals surface area contributed by atoms with Gasteiger partial charge in [0.05, 0.1) is 0 Å². The minimum Gasteiger partial charge on any atom is -0.406 e. The van der Waals surface area contributed by atoms with Crippen molar-refractivity contribution in [2.45, 2.75) is 13.3 Å². The van der Waals surface area contributed by atoms with Crippen LogP contribution in [0.4, 0.5) is 24.7 Å². The highest BCUT2D eigenvalue weighted by atomic mass is 35.5. The van der Waals surface area contributed by atoms with Crippen molar-refractivity contribution in [3.63, 3.8) is 0 Å². The molecule has 0 amide bonds. The summed E-state index contributed by atoms with van der Waals surface area (Å²) in [7, 11) is 0. The van der Waals surface area contributed by atoms with Crippen LogP contribution in [0.2, 0.25) is 5.28 Å². The summed E-state index contributed by atoms with van der Waals surface area (Å²) >= 11 is 5.70. The highest BCUT2D eigenvalue weighted by Gasteiger charge is 2.31. The molecule has 0 unspecified atom stereocenters. The lowest BCUT2D eigenvalue weighted by Crippen LogP contribution is -2.17. The number of ether oxygens (including phenoxy) is 1. The second-order valence-electron chi connectivity index (χ2n) is 3.86. The standard InChI is InChI=1S/C12H9ClF3N3O/c1-7-5-10(19-11(13)17-7)18-8-3-2-4-9(6-8)20-12(14,15)16/h2-6H,1H3,(H,17,18,19). The first-order chi connectivity index (χ1) is 9.32. The van der Waals surface area contributed by atoms with Crippen molar-refractivity contribution < 1.29 is 17.9 Å². The van der Waals surface area contributed by atoms with E-state index in [1.807, 2.05) is 0 Å². The van der Waals surface area contributed by atoms with E-state index in [4.69, 9.17) is 11.6 Å². The lowest BCUT2D eigenvalue weighted by atomic mass is 10.3. The molecule has 2 aromatic rings. The zero-order valence-electron chi connectivity index (χ0n) is 10.2. The summed E-state index contributed by atoms with van der Waals surface area (Å²) in [4.78, 5) is 7.80. The van der Waals surface area contributed by atoms with Crippen LogP contribution >= 0.6 is 11.6 Å². The molecule has 1 N–H and O–H groups in total. The van der Waals surface area contributed by atoms with Gasteiger partial charge in [-0.3, -0.25) is 0 Å². The minimum absolute atomic E-state index is 0.0511. The Labute approximate surface area is 117 Å². The molecular weight excluding hydrogens is 295 g/mol. The number of anilines is 2. The lowest BCUT2D eigenvalue weighted by Gasteiger charge is -2.11. The Morgan fingerprint density at radius 1 is 1.20 bits per heavy atom. The third kappa shape index (κ3) is 4.27. The number of rotatable bonds is 3. The number of benzene rings is 1. The van der Waals surface area contributed by atoms with Gasteiger partial charge in [0, 0.05) is 23.5 Å². The molecular formula is C12H9ClF3N3O. The first-order valence-corrected chi connectivity index (χ1v) is 5.84. The van der Waals surface area contributed by atoms with Crippen LogP contribution in [0.25, 0.3) is 0 Å². The van der Waals surface area contributed by atoms with E-state index in [1.54, 1.807) is 19.1 Å². The third-order valence-electron chi connectivity index (χ3n) is 2.17. The average Bonchev–Trinajstić information content (AvgIpc) is 2.25. The normalized spacial score (nSPS) is 11.2. The van der Waals surface area contributed by atoms with Gasteiger partial charge in [0.15, 0.2) is 0 Å². The van der Waals surface area contributed by atoms with E-state index in [0.29, 0.717) is 17.2 Å². The molecule has 4 nitrogen and oxygen atoms in total. The molecule has 1 aromatic heterocycles. The van der Waals surface area contributed by atoms with Crippen LogP contribution < -0.4 is 10.1 Å². The molecule has 8 heteroatoms. The lowest BCUT2D eigenvalue weighted by molar-refractivity contribution is -0.274. The van der Waals surface area contributed by atoms with Gasteiger partial charge in [-0.15, -0.1) is 13.2 Å². The first-order valence-electron chi connectivity index (χ1n) is 5.46. The predicted molar refractivity (Wildman–Crippen MR) is 68.2 cm³/mol. The van der Waals surface area contributed by atoms with Crippen LogP contribution in [0.5, 0.6) is 5.75 Å². The monoisotopic (exact) mass is 303 g/mol. The molecule has 0 spiro atoms. The Morgan fingerprint density at radius 2 is 1.95 bits per heavy atom. The Hall–Kier alpha value is -2.02. The van der Waals surface area contributed by atoms with Crippen LogP contribution in [0.3, 0.4) is 0 Å². The second-order valence-corrected chi connectivity index (χ2v) is 4.20. The fourth-order valence-corrected chi connectivity index (χ4v) is 1.74. The Balaban J connectivity index is 2.19. The SMILES string of the molecule is Cc1cc(Nc2cccc(OC(F)(F)F)c2)nc(Cl)n1. The highest BCUT2D eigenvalue weighted by molar-refractivity contribution is 6.28. The van der Waals surface area contributed by atoms with Gasteiger partial charge in [-0.25, -0.2) is 9.97 Å². The Morgan fingerprint density at radius 3 is 2.60 bits per heavy atom. The van der Waals surface area contributed by atoms with Crippen LogP contribution in [0, 0.1) is 6.92 Å². The number of alkyl halides is 3. The van der Waals surface area contributed by atoms with Gasteiger partial charge >= 0.3 is 6.36 Å². The fourth-order valence-electron chi connectivity index (χ4n) is 1.52. The number of hydrogen-bond acceptors (Lipinski definition) is 4. The highest BCUT2D eigenvalue weighted by Crippen LogP contribution is 2.26. The Kier molecular flexibility index (Phi) is 3.99. The van der Waals surface area contributed by atoms with Crippen molar-refractivity contribution in [1.29, 1.82) is 0 Å². The van der Waals surface area contributed by atoms with Gasteiger partial charge in [-0.05, 0) is 30.7 Å². The van der Waals surface area contributed by atoms with E-state index in [0.717, 1.165) is 0 Å². The van der Waals surface area contributed by atoms with Gasteiger partial charge in [-0.2, -0.15) is 0 Å². The summed E-state index contributed by atoms with van der Waals surface area (Å²) in [6.07, 6.45) is -4.73. The topological polar surface area (TPSA) is 47.0 Å². The summed E-state index contributed by atoms with van der Waals surface area (Å²) in [5.41, 5.74) is 1.02. The van der Waals surface area contributed by atoms with E-state index in [1.165, 1.54) is 18.2 Å². The summed E-state index contributed by atoms with van der Waals surface area (Å²) in [5, 5.41) is 2.88. The number of nitrogens with one attached hydrogen (secondary N) is 1. The first kappa shape index (κ1) is 14.4. The van der Waals surface area contributed by atoms with Crippen LogP contribution in [-0.2, 0) is 0 Å². The zero-order valence-corrected chi connectivity index (χ0v) is 11.0. The minimum atomic E-state index is -4.73. The summed E-state index contributed by atoms with van der Waals surface area (Å²) in [5.74, 6) is 0.0611. The van der Waals surface area contributed by atoms with E-state index in [2.05, 4.69) is 20.0 Å². The molecule has 0 fully saturated rings. The van der Waals surface area contributed by atoms with Crippen molar-refractivity contribution in [3.8, 4) is 5.75 Å². The van der Waals surface area contributed by atoms with Crippen molar-refractivity contribution in [3.05, 3.63) is 41.3 Å². The molecule has 0 aliphatic carbocycles. The predicted octanol–water partition coefficient (Wildman–Crippen LogP) is 4.08. The van der Waals surface area contributed by atoms with Crippen molar-refractivity contribution >= 4 is 23.1 Å². The molecule has 20 heavy (non-hydrogen) atoms. The molecule has 0 radical (unpaired) electrons. The quantitative estimate of drug-likeness (QED) is 0.868. The maximum absolute atomic E-state index is 12.1. The number of halogens is 4.